The number of para-hydroxylation sites is 2. The molecular formula is C20H29N5O2. The van der Waals surface area contributed by atoms with E-state index in [1.807, 2.05) is 42.7 Å². The number of imidazole rings is 1. The Labute approximate surface area is 160 Å². The van der Waals surface area contributed by atoms with Crippen LogP contribution in [0.2, 0.25) is 0 Å². The van der Waals surface area contributed by atoms with Gasteiger partial charge in [0.25, 0.3) is 0 Å². The number of amides is 3. The van der Waals surface area contributed by atoms with E-state index >= 15 is 0 Å². The molecule has 27 heavy (non-hydrogen) atoms. The Balaban J connectivity index is 1.72. The van der Waals surface area contributed by atoms with Crippen LogP contribution < -0.4 is 15.5 Å². The lowest BCUT2D eigenvalue weighted by Gasteiger charge is -2.23. The van der Waals surface area contributed by atoms with Crippen LogP contribution in [0.3, 0.4) is 0 Å². The summed E-state index contributed by atoms with van der Waals surface area (Å²) < 4.78 is 2.05. The van der Waals surface area contributed by atoms with E-state index in [4.69, 9.17) is 0 Å². The van der Waals surface area contributed by atoms with Crippen LogP contribution in [0.5, 0.6) is 0 Å². The van der Waals surface area contributed by atoms with E-state index < -0.39 is 6.04 Å². The van der Waals surface area contributed by atoms with Crippen molar-refractivity contribution in [2.24, 2.45) is 5.92 Å². The van der Waals surface area contributed by atoms with Gasteiger partial charge in [0.15, 0.2) is 0 Å². The van der Waals surface area contributed by atoms with E-state index in [1.54, 1.807) is 4.90 Å². The number of urea groups is 1. The number of fused-ring (bicyclic) bond motifs is 3. The van der Waals surface area contributed by atoms with Crippen molar-refractivity contribution in [3.8, 4) is 0 Å². The number of nitrogens with one attached hydrogen (secondary N) is 2. The van der Waals surface area contributed by atoms with Crippen LogP contribution in [0.15, 0.2) is 24.3 Å². The second-order valence-electron chi connectivity index (χ2n) is 7.48. The van der Waals surface area contributed by atoms with Crippen molar-refractivity contribution in [3.63, 3.8) is 0 Å². The molecule has 0 saturated heterocycles. The third kappa shape index (κ3) is 4.23. The molecule has 3 amide bonds. The molecule has 2 aromatic rings. The van der Waals surface area contributed by atoms with Gasteiger partial charge in [-0.05, 0) is 30.9 Å². The molecule has 0 aliphatic carbocycles. The first kappa shape index (κ1) is 19.2. The second-order valence-corrected chi connectivity index (χ2v) is 7.48. The van der Waals surface area contributed by atoms with Gasteiger partial charge >= 0.3 is 6.03 Å². The topological polar surface area (TPSA) is 79.3 Å². The fourth-order valence-electron chi connectivity index (χ4n) is 3.42. The van der Waals surface area contributed by atoms with Crippen molar-refractivity contribution in [3.05, 3.63) is 24.3 Å². The highest BCUT2D eigenvalue weighted by molar-refractivity contribution is 5.96. The zero-order chi connectivity index (χ0) is 19.4. The number of rotatable bonds is 7. The molecule has 0 saturated carbocycles. The predicted octanol–water partition coefficient (Wildman–Crippen LogP) is 2.90. The monoisotopic (exact) mass is 371 g/mol. The van der Waals surface area contributed by atoms with Crippen LogP contribution in [-0.4, -0.2) is 40.6 Å². The van der Waals surface area contributed by atoms with Crippen LogP contribution in [0.1, 0.15) is 40.0 Å². The highest BCUT2D eigenvalue weighted by Gasteiger charge is 2.31. The van der Waals surface area contributed by atoms with Crippen molar-refractivity contribution >= 4 is 28.9 Å². The summed E-state index contributed by atoms with van der Waals surface area (Å²) in [6.45, 7) is 8.09. The van der Waals surface area contributed by atoms with Gasteiger partial charge in [0.1, 0.15) is 6.04 Å². The Morgan fingerprint density at radius 2 is 2.00 bits per heavy atom. The predicted molar refractivity (Wildman–Crippen MR) is 107 cm³/mol. The summed E-state index contributed by atoms with van der Waals surface area (Å²) in [6, 6.07) is 7.07. The smallest absolute Gasteiger partial charge is 0.324 e. The SMILES string of the molecule is CCCCNC(=O)[C@@H](CC(C)C)NC(=O)N1CCn2c1nc1ccccc12. The third-order valence-corrected chi connectivity index (χ3v) is 4.82. The molecule has 7 nitrogen and oxygen atoms in total. The molecule has 146 valence electrons. The first-order valence-electron chi connectivity index (χ1n) is 9.82. The van der Waals surface area contributed by atoms with Crippen LogP contribution >= 0.6 is 0 Å². The normalized spacial score (nSPS) is 14.4. The molecule has 0 unspecified atom stereocenters. The molecule has 1 atom stereocenters. The van der Waals surface area contributed by atoms with E-state index in [9.17, 15) is 9.59 Å². The lowest BCUT2D eigenvalue weighted by Crippen LogP contribution is -2.51. The van der Waals surface area contributed by atoms with Crippen molar-refractivity contribution in [1.82, 2.24) is 20.2 Å². The van der Waals surface area contributed by atoms with Crippen LogP contribution in [0.4, 0.5) is 10.7 Å². The van der Waals surface area contributed by atoms with Crippen LogP contribution in [0, 0.1) is 5.92 Å². The summed E-state index contributed by atoms with van der Waals surface area (Å²) in [5, 5.41) is 5.86. The van der Waals surface area contributed by atoms with Gasteiger partial charge in [0.05, 0.1) is 11.0 Å². The minimum absolute atomic E-state index is 0.113. The third-order valence-electron chi connectivity index (χ3n) is 4.82. The lowest BCUT2D eigenvalue weighted by molar-refractivity contribution is -0.123. The quantitative estimate of drug-likeness (QED) is 0.735. The Hall–Kier alpha value is -2.57. The standard InChI is InChI=1S/C20H29N5O2/c1-4-5-10-21-18(26)16(13-14(2)3)23-20(27)25-12-11-24-17-9-7-6-8-15(17)22-19(24)25/h6-9,14,16H,4-5,10-13H2,1-3H3,(H,21,26)(H,23,27)/t16-/m1/s1. The van der Waals surface area contributed by atoms with Gasteiger partial charge in [-0.1, -0.05) is 39.3 Å². The summed E-state index contributed by atoms with van der Waals surface area (Å²) in [6.07, 6.45) is 2.56. The average molecular weight is 371 g/mol. The molecule has 3 rings (SSSR count). The van der Waals surface area contributed by atoms with Crippen molar-refractivity contribution in [1.29, 1.82) is 0 Å². The average Bonchev–Trinajstić information content (AvgIpc) is 3.19. The van der Waals surface area contributed by atoms with Gasteiger partial charge in [0, 0.05) is 19.6 Å². The van der Waals surface area contributed by atoms with Gasteiger partial charge in [-0.2, -0.15) is 0 Å². The highest BCUT2D eigenvalue weighted by atomic mass is 16.2. The van der Waals surface area contributed by atoms with E-state index in [0.29, 0.717) is 37.9 Å². The summed E-state index contributed by atoms with van der Waals surface area (Å²) in [5.74, 6) is 0.831. The number of carbonyl (C=O) groups is 2. The second kappa shape index (κ2) is 8.41. The van der Waals surface area contributed by atoms with Gasteiger partial charge in [-0.15, -0.1) is 0 Å². The number of hydrogen-bond acceptors (Lipinski definition) is 3. The molecule has 1 aromatic heterocycles. The zero-order valence-electron chi connectivity index (χ0n) is 16.4. The maximum Gasteiger partial charge on any atom is 0.324 e. The number of unbranched alkanes of at least 4 members (excludes halogenated alkanes) is 1. The summed E-state index contributed by atoms with van der Waals surface area (Å²) >= 11 is 0. The number of aromatic nitrogens is 2. The molecule has 1 aromatic carbocycles. The molecule has 1 aliphatic rings. The number of hydrogen-bond donors (Lipinski definition) is 2. The molecule has 0 radical (unpaired) electrons. The molecule has 0 fully saturated rings. The first-order valence-corrected chi connectivity index (χ1v) is 9.82. The maximum absolute atomic E-state index is 12.9. The summed E-state index contributed by atoms with van der Waals surface area (Å²) in [7, 11) is 0. The lowest BCUT2D eigenvalue weighted by atomic mass is 10.0. The molecule has 0 bridgehead atoms. The molecular weight excluding hydrogens is 342 g/mol. The van der Waals surface area contributed by atoms with Crippen molar-refractivity contribution in [2.45, 2.75) is 52.6 Å². The maximum atomic E-state index is 12.9. The number of anilines is 1. The van der Waals surface area contributed by atoms with Gasteiger partial charge < -0.3 is 15.2 Å². The molecule has 2 N–H and O–H groups in total. The largest absolute Gasteiger partial charge is 0.354 e. The Morgan fingerprint density at radius 3 is 2.74 bits per heavy atom. The van der Waals surface area contributed by atoms with E-state index in [0.717, 1.165) is 23.9 Å². The van der Waals surface area contributed by atoms with E-state index in [2.05, 4.69) is 22.5 Å². The summed E-state index contributed by atoms with van der Waals surface area (Å²) in [4.78, 5) is 31.6. The highest BCUT2D eigenvalue weighted by Crippen LogP contribution is 2.27. The first-order chi connectivity index (χ1) is 13.0. The van der Waals surface area contributed by atoms with Crippen molar-refractivity contribution < 1.29 is 9.59 Å². The minimum Gasteiger partial charge on any atom is -0.354 e. The fraction of sp³-hybridized carbons (Fsp3) is 0.550. The Bertz CT molecular complexity index is 814. The van der Waals surface area contributed by atoms with Crippen LogP contribution in [0.25, 0.3) is 11.0 Å². The number of benzene rings is 1. The van der Waals surface area contributed by atoms with Gasteiger partial charge in [-0.3, -0.25) is 9.69 Å². The molecule has 7 heteroatoms. The van der Waals surface area contributed by atoms with Crippen molar-refractivity contribution in [2.75, 3.05) is 18.0 Å². The van der Waals surface area contributed by atoms with Gasteiger partial charge in [-0.25, -0.2) is 9.78 Å². The minimum atomic E-state index is -0.534. The van der Waals surface area contributed by atoms with E-state index in [1.165, 1.54) is 0 Å². The zero-order valence-corrected chi connectivity index (χ0v) is 16.4. The number of nitrogens with zero attached hydrogens (tertiary/aromatic N) is 3. The summed E-state index contributed by atoms with van der Waals surface area (Å²) in [5.41, 5.74) is 1.90. The van der Waals surface area contributed by atoms with Gasteiger partial charge in [0.2, 0.25) is 11.9 Å². The van der Waals surface area contributed by atoms with Crippen LogP contribution in [-0.2, 0) is 11.3 Å². The fourth-order valence-corrected chi connectivity index (χ4v) is 3.42. The Kier molecular flexibility index (Phi) is 5.98. The molecule has 1 aliphatic heterocycles. The van der Waals surface area contributed by atoms with E-state index in [-0.39, 0.29) is 11.9 Å². The number of carbonyl (C=O) groups excluding carboxylic acids is 2. The Morgan fingerprint density at radius 1 is 1.22 bits per heavy atom. The molecule has 0 spiro atoms. The molecule has 2 heterocycles.